The summed E-state index contributed by atoms with van der Waals surface area (Å²) in [5.74, 6) is 2.07. The highest BCUT2D eigenvalue weighted by Gasteiger charge is 2.19. The summed E-state index contributed by atoms with van der Waals surface area (Å²) in [5, 5.41) is 11.0. The van der Waals surface area contributed by atoms with Gasteiger partial charge in [0.05, 0.1) is 5.52 Å². The molecular formula is C17H18FN5O. The molecule has 2 N–H and O–H groups in total. The van der Waals surface area contributed by atoms with Crippen LogP contribution in [-0.4, -0.2) is 33.4 Å². The van der Waals surface area contributed by atoms with E-state index in [0.717, 1.165) is 43.1 Å². The van der Waals surface area contributed by atoms with Crippen LogP contribution in [0.5, 0.6) is 0 Å². The van der Waals surface area contributed by atoms with Crippen LogP contribution in [-0.2, 0) is 4.74 Å². The minimum atomic E-state index is -0.297. The van der Waals surface area contributed by atoms with Gasteiger partial charge in [-0.1, -0.05) is 0 Å². The lowest BCUT2D eigenvalue weighted by Gasteiger charge is -2.21. The van der Waals surface area contributed by atoms with Gasteiger partial charge in [-0.05, 0) is 38.0 Å². The van der Waals surface area contributed by atoms with Crippen LogP contribution in [0.25, 0.3) is 10.9 Å². The fourth-order valence-corrected chi connectivity index (χ4v) is 3.00. The average Bonchev–Trinajstić information content (AvgIpc) is 2.97. The number of aryl methyl sites for hydroxylation is 1. The number of benzene rings is 1. The molecule has 4 rings (SSSR count). The maximum Gasteiger partial charge on any atom is 0.161 e. The monoisotopic (exact) mass is 327 g/mol. The number of rotatable bonds is 3. The second kappa shape index (κ2) is 6.16. The Morgan fingerprint density at radius 1 is 1.21 bits per heavy atom. The predicted molar refractivity (Wildman–Crippen MR) is 88.9 cm³/mol. The van der Waals surface area contributed by atoms with E-state index in [1.807, 2.05) is 13.0 Å². The lowest BCUT2D eigenvalue weighted by molar-refractivity contribution is 0.0836. The molecule has 7 heteroatoms. The number of hydrogen-bond acceptors (Lipinski definition) is 5. The van der Waals surface area contributed by atoms with Gasteiger partial charge in [-0.3, -0.25) is 5.10 Å². The van der Waals surface area contributed by atoms with Gasteiger partial charge >= 0.3 is 0 Å². The molecule has 0 aliphatic carbocycles. The van der Waals surface area contributed by atoms with Gasteiger partial charge in [-0.2, -0.15) is 5.10 Å². The number of H-pyrrole nitrogens is 1. The van der Waals surface area contributed by atoms with E-state index in [2.05, 4.69) is 25.5 Å². The van der Waals surface area contributed by atoms with Crippen molar-refractivity contribution in [1.29, 1.82) is 0 Å². The van der Waals surface area contributed by atoms with Crippen molar-refractivity contribution in [3.8, 4) is 0 Å². The molecular weight excluding hydrogens is 309 g/mol. The van der Waals surface area contributed by atoms with Gasteiger partial charge in [-0.15, -0.1) is 0 Å². The highest BCUT2D eigenvalue weighted by molar-refractivity contribution is 5.91. The number of ether oxygens (including phenoxy) is 1. The molecule has 1 aliphatic heterocycles. The quantitative estimate of drug-likeness (QED) is 0.771. The van der Waals surface area contributed by atoms with E-state index in [-0.39, 0.29) is 5.82 Å². The van der Waals surface area contributed by atoms with Crippen molar-refractivity contribution in [2.45, 2.75) is 25.7 Å². The van der Waals surface area contributed by atoms with Crippen molar-refractivity contribution in [1.82, 2.24) is 20.2 Å². The SMILES string of the molecule is Cc1cc(Nc2n[nH]c3ccc(F)cc23)nc(C2CCOCC2)n1. The summed E-state index contributed by atoms with van der Waals surface area (Å²) in [4.78, 5) is 9.20. The maximum atomic E-state index is 13.5. The summed E-state index contributed by atoms with van der Waals surface area (Å²) < 4.78 is 18.9. The van der Waals surface area contributed by atoms with Crippen molar-refractivity contribution >= 4 is 22.5 Å². The second-order valence-electron chi connectivity index (χ2n) is 6.03. The summed E-state index contributed by atoms with van der Waals surface area (Å²) in [5.41, 5.74) is 1.66. The molecule has 3 aromatic rings. The van der Waals surface area contributed by atoms with Crippen LogP contribution in [0.3, 0.4) is 0 Å². The van der Waals surface area contributed by atoms with E-state index in [0.29, 0.717) is 22.9 Å². The van der Waals surface area contributed by atoms with E-state index in [1.54, 1.807) is 6.07 Å². The highest BCUT2D eigenvalue weighted by Crippen LogP contribution is 2.27. The smallest absolute Gasteiger partial charge is 0.161 e. The number of fused-ring (bicyclic) bond motifs is 1. The second-order valence-corrected chi connectivity index (χ2v) is 6.03. The van der Waals surface area contributed by atoms with Crippen LogP contribution in [0.4, 0.5) is 16.0 Å². The van der Waals surface area contributed by atoms with Crippen LogP contribution in [0.2, 0.25) is 0 Å². The third-order valence-electron chi connectivity index (χ3n) is 4.23. The normalized spacial score (nSPS) is 15.8. The minimum Gasteiger partial charge on any atom is -0.381 e. The zero-order chi connectivity index (χ0) is 16.5. The van der Waals surface area contributed by atoms with Crippen molar-refractivity contribution < 1.29 is 9.13 Å². The lowest BCUT2D eigenvalue weighted by atomic mass is 9.99. The number of halogens is 1. The maximum absolute atomic E-state index is 13.5. The Bertz CT molecular complexity index is 873. The van der Waals surface area contributed by atoms with Crippen molar-refractivity contribution in [3.05, 3.63) is 41.6 Å². The van der Waals surface area contributed by atoms with E-state index >= 15 is 0 Å². The van der Waals surface area contributed by atoms with Gasteiger partial charge in [0.25, 0.3) is 0 Å². The zero-order valence-corrected chi connectivity index (χ0v) is 13.3. The first-order valence-corrected chi connectivity index (χ1v) is 8.03. The summed E-state index contributed by atoms with van der Waals surface area (Å²) >= 11 is 0. The first kappa shape index (κ1) is 15.0. The largest absolute Gasteiger partial charge is 0.381 e. The van der Waals surface area contributed by atoms with Crippen molar-refractivity contribution in [2.24, 2.45) is 0 Å². The van der Waals surface area contributed by atoms with Crippen LogP contribution >= 0.6 is 0 Å². The Hall–Kier alpha value is -2.54. The molecule has 3 heterocycles. The first-order chi connectivity index (χ1) is 11.7. The molecule has 1 aliphatic rings. The summed E-state index contributed by atoms with van der Waals surface area (Å²) in [7, 11) is 0. The lowest BCUT2D eigenvalue weighted by Crippen LogP contribution is -2.17. The van der Waals surface area contributed by atoms with E-state index < -0.39 is 0 Å². The standard InChI is InChI=1S/C17H18FN5O/c1-10-8-15(20-16(19-10)11-4-6-24-7-5-11)21-17-13-9-12(18)2-3-14(13)22-23-17/h2-3,8-9,11H,4-7H2,1H3,(H2,19,20,21,22,23). The highest BCUT2D eigenvalue weighted by atomic mass is 19.1. The van der Waals surface area contributed by atoms with Gasteiger partial charge in [0.2, 0.25) is 0 Å². The topological polar surface area (TPSA) is 75.7 Å². The molecule has 6 nitrogen and oxygen atoms in total. The predicted octanol–water partition coefficient (Wildman–Crippen LogP) is 3.44. The third-order valence-corrected chi connectivity index (χ3v) is 4.23. The molecule has 0 unspecified atom stereocenters. The molecule has 1 fully saturated rings. The fraction of sp³-hybridized carbons (Fsp3) is 0.353. The molecule has 0 saturated carbocycles. The third kappa shape index (κ3) is 2.94. The molecule has 24 heavy (non-hydrogen) atoms. The van der Waals surface area contributed by atoms with Crippen LogP contribution < -0.4 is 5.32 Å². The van der Waals surface area contributed by atoms with Crippen LogP contribution in [0, 0.1) is 12.7 Å². The number of nitrogens with zero attached hydrogens (tertiary/aromatic N) is 3. The molecule has 1 aromatic carbocycles. The molecule has 1 saturated heterocycles. The van der Waals surface area contributed by atoms with Crippen molar-refractivity contribution in [3.63, 3.8) is 0 Å². The van der Waals surface area contributed by atoms with E-state index in [4.69, 9.17) is 4.74 Å². The zero-order valence-electron chi connectivity index (χ0n) is 13.3. The Labute approximate surface area is 138 Å². The molecule has 0 atom stereocenters. The fourth-order valence-electron chi connectivity index (χ4n) is 3.00. The van der Waals surface area contributed by atoms with Gasteiger partial charge in [-0.25, -0.2) is 14.4 Å². The molecule has 2 aromatic heterocycles. The van der Waals surface area contributed by atoms with Crippen molar-refractivity contribution in [2.75, 3.05) is 18.5 Å². The Balaban J connectivity index is 1.66. The molecule has 0 amide bonds. The van der Waals surface area contributed by atoms with E-state index in [9.17, 15) is 4.39 Å². The summed E-state index contributed by atoms with van der Waals surface area (Å²) in [6.45, 7) is 3.43. The van der Waals surface area contributed by atoms with Gasteiger partial charge in [0, 0.05) is 36.3 Å². The Kier molecular flexibility index (Phi) is 3.86. The average molecular weight is 327 g/mol. The number of anilines is 2. The molecule has 124 valence electrons. The summed E-state index contributed by atoms with van der Waals surface area (Å²) in [6, 6.07) is 6.39. The minimum absolute atomic E-state index is 0.297. The van der Waals surface area contributed by atoms with Gasteiger partial charge in [0.15, 0.2) is 5.82 Å². The Morgan fingerprint density at radius 2 is 2.04 bits per heavy atom. The summed E-state index contributed by atoms with van der Waals surface area (Å²) in [6.07, 6.45) is 1.86. The van der Waals surface area contributed by atoms with Crippen LogP contribution in [0.1, 0.15) is 30.3 Å². The molecule has 0 spiro atoms. The van der Waals surface area contributed by atoms with Gasteiger partial charge in [0.1, 0.15) is 17.5 Å². The Morgan fingerprint density at radius 3 is 2.88 bits per heavy atom. The molecule has 0 bridgehead atoms. The van der Waals surface area contributed by atoms with Crippen LogP contribution in [0.15, 0.2) is 24.3 Å². The van der Waals surface area contributed by atoms with E-state index in [1.165, 1.54) is 12.1 Å². The molecule has 0 radical (unpaired) electrons. The number of aromatic amines is 1. The number of aromatic nitrogens is 4. The first-order valence-electron chi connectivity index (χ1n) is 8.03. The number of nitrogens with one attached hydrogen (secondary N) is 2. The van der Waals surface area contributed by atoms with Gasteiger partial charge < -0.3 is 10.1 Å². The number of hydrogen-bond donors (Lipinski definition) is 2.